The van der Waals surface area contributed by atoms with E-state index >= 15 is 0 Å². The minimum atomic E-state index is -0.488. The number of methoxy groups -OCH3 is 1. The number of carbonyl (C=O) groups is 1. The van der Waals surface area contributed by atoms with E-state index < -0.39 is 5.97 Å². The molecule has 0 radical (unpaired) electrons. The molecule has 12 heavy (non-hydrogen) atoms. The van der Waals surface area contributed by atoms with Crippen LogP contribution < -0.4 is 0 Å². The molecule has 64 valence electrons. The summed E-state index contributed by atoms with van der Waals surface area (Å²) in [4.78, 5) is 18.9. The van der Waals surface area contributed by atoms with Gasteiger partial charge in [-0.05, 0) is 22.9 Å². The maximum Gasteiger partial charge on any atom is 0.359 e. The number of aromatic nitrogens is 2. The van der Waals surface area contributed by atoms with E-state index in [2.05, 4.69) is 30.6 Å². The first-order valence-electron chi connectivity index (χ1n) is 3.22. The van der Waals surface area contributed by atoms with E-state index in [-0.39, 0.29) is 5.69 Å². The van der Waals surface area contributed by atoms with E-state index in [1.165, 1.54) is 7.11 Å². The topological polar surface area (TPSA) is 52.1 Å². The van der Waals surface area contributed by atoms with Gasteiger partial charge in [-0.15, -0.1) is 0 Å². The Morgan fingerprint density at radius 2 is 2.33 bits per heavy atom. The minimum Gasteiger partial charge on any atom is -0.464 e. The van der Waals surface area contributed by atoms with Crippen LogP contribution >= 0.6 is 15.9 Å². The van der Waals surface area contributed by atoms with E-state index in [4.69, 9.17) is 0 Å². The van der Waals surface area contributed by atoms with E-state index in [0.717, 1.165) is 0 Å². The zero-order chi connectivity index (χ0) is 9.14. The second-order valence-corrected chi connectivity index (χ2v) is 2.89. The highest BCUT2D eigenvalue weighted by molar-refractivity contribution is 9.10. The van der Waals surface area contributed by atoms with Crippen LogP contribution in [-0.4, -0.2) is 23.0 Å². The number of carbonyl (C=O) groups excluding carboxylic acids is 1. The molecule has 5 heteroatoms. The standard InChI is InChI=1S/C7H7BrN2O2/c1-4-3-9-6(8)5(10-4)7(11)12-2/h3H,1-2H3. The summed E-state index contributed by atoms with van der Waals surface area (Å²) < 4.78 is 4.90. The predicted molar refractivity (Wildman–Crippen MR) is 45.8 cm³/mol. The molecule has 0 aliphatic rings. The van der Waals surface area contributed by atoms with Crippen molar-refractivity contribution in [1.29, 1.82) is 0 Å². The quantitative estimate of drug-likeness (QED) is 0.684. The van der Waals surface area contributed by atoms with Gasteiger partial charge in [0.2, 0.25) is 0 Å². The molecule has 0 bridgehead atoms. The summed E-state index contributed by atoms with van der Waals surface area (Å²) in [7, 11) is 1.30. The molecule has 0 saturated carbocycles. The fourth-order valence-electron chi connectivity index (χ4n) is 0.689. The van der Waals surface area contributed by atoms with Crippen LogP contribution in [0.15, 0.2) is 10.8 Å². The third kappa shape index (κ3) is 1.79. The van der Waals surface area contributed by atoms with Crippen molar-refractivity contribution in [2.24, 2.45) is 0 Å². The largest absolute Gasteiger partial charge is 0.464 e. The Bertz CT molecular complexity index is 314. The molecule has 0 spiro atoms. The van der Waals surface area contributed by atoms with E-state index in [1.54, 1.807) is 13.1 Å². The van der Waals surface area contributed by atoms with Crippen LogP contribution in [0.3, 0.4) is 0 Å². The van der Waals surface area contributed by atoms with Gasteiger partial charge in [0, 0.05) is 6.20 Å². The third-order valence-corrected chi connectivity index (χ3v) is 1.81. The predicted octanol–water partition coefficient (Wildman–Crippen LogP) is 1.33. The first-order chi connectivity index (χ1) is 5.65. The van der Waals surface area contributed by atoms with Crippen molar-refractivity contribution in [2.75, 3.05) is 7.11 Å². The average molecular weight is 231 g/mol. The van der Waals surface area contributed by atoms with Crippen LogP contribution in [0.4, 0.5) is 0 Å². The highest BCUT2D eigenvalue weighted by Gasteiger charge is 2.12. The Morgan fingerprint density at radius 1 is 1.67 bits per heavy atom. The normalized spacial score (nSPS) is 9.58. The van der Waals surface area contributed by atoms with Crippen LogP contribution in [0.2, 0.25) is 0 Å². The lowest BCUT2D eigenvalue weighted by Crippen LogP contribution is -2.07. The van der Waals surface area contributed by atoms with Crippen LogP contribution in [0, 0.1) is 6.92 Å². The lowest BCUT2D eigenvalue weighted by molar-refractivity contribution is 0.0592. The molecule has 0 unspecified atom stereocenters. The minimum absolute atomic E-state index is 0.206. The Labute approximate surface area is 78.1 Å². The number of rotatable bonds is 1. The van der Waals surface area contributed by atoms with Crippen molar-refractivity contribution in [1.82, 2.24) is 9.97 Å². The highest BCUT2D eigenvalue weighted by Crippen LogP contribution is 2.11. The lowest BCUT2D eigenvalue weighted by atomic mass is 10.4. The molecule has 4 nitrogen and oxygen atoms in total. The number of aryl methyl sites for hydroxylation is 1. The molecule has 0 amide bonds. The fraction of sp³-hybridized carbons (Fsp3) is 0.286. The molecule has 0 fully saturated rings. The maximum atomic E-state index is 11.0. The summed E-state index contributed by atoms with van der Waals surface area (Å²) in [5, 5.41) is 0. The summed E-state index contributed by atoms with van der Waals surface area (Å²) in [6, 6.07) is 0. The van der Waals surface area contributed by atoms with Crippen LogP contribution in [0.1, 0.15) is 16.2 Å². The first-order valence-corrected chi connectivity index (χ1v) is 4.02. The maximum absolute atomic E-state index is 11.0. The van der Waals surface area contributed by atoms with Crippen LogP contribution in [-0.2, 0) is 4.74 Å². The van der Waals surface area contributed by atoms with Crippen molar-refractivity contribution >= 4 is 21.9 Å². The smallest absolute Gasteiger partial charge is 0.359 e. The zero-order valence-corrected chi connectivity index (χ0v) is 8.25. The van der Waals surface area contributed by atoms with Gasteiger partial charge in [-0.3, -0.25) is 0 Å². The van der Waals surface area contributed by atoms with Gasteiger partial charge in [0.1, 0.15) is 4.60 Å². The van der Waals surface area contributed by atoms with Gasteiger partial charge in [0.05, 0.1) is 12.8 Å². The van der Waals surface area contributed by atoms with Crippen LogP contribution in [0.5, 0.6) is 0 Å². The second kappa shape index (κ2) is 3.62. The summed E-state index contributed by atoms with van der Waals surface area (Å²) in [6.07, 6.45) is 1.57. The molecule has 1 aromatic rings. The number of ether oxygens (including phenoxy) is 1. The second-order valence-electron chi connectivity index (χ2n) is 2.14. The van der Waals surface area contributed by atoms with Crippen molar-refractivity contribution in [3.05, 3.63) is 22.2 Å². The Morgan fingerprint density at radius 3 is 2.92 bits per heavy atom. The molecular weight excluding hydrogens is 224 g/mol. The SMILES string of the molecule is COC(=O)c1nc(C)cnc1Br. The van der Waals surface area contributed by atoms with Gasteiger partial charge in [-0.25, -0.2) is 14.8 Å². The monoisotopic (exact) mass is 230 g/mol. The number of hydrogen-bond acceptors (Lipinski definition) is 4. The first kappa shape index (κ1) is 9.12. The highest BCUT2D eigenvalue weighted by atomic mass is 79.9. The molecule has 1 rings (SSSR count). The summed E-state index contributed by atoms with van der Waals surface area (Å²) in [6.45, 7) is 1.76. The van der Waals surface area contributed by atoms with Gasteiger partial charge in [0.25, 0.3) is 0 Å². The van der Waals surface area contributed by atoms with Crippen molar-refractivity contribution in [3.63, 3.8) is 0 Å². The molecule has 0 aliphatic carbocycles. The molecule has 1 heterocycles. The zero-order valence-electron chi connectivity index (χ0n) is 6.67. The Kier molecular flexibility index (Phi) is 2.75. The number of nitrogens with zero attached hydrogens (tertiary/aromatic N) is 2. The molecule has 0 N–H and O–H groups in total. The lowest BCUT2D eigenvalue weighted by Gasteiger charge is -2.00. The van der Waals surface area contributed by atoms with Crippen molar-refractivity contribution in [3.8, 4) is 0 Å². The van der Waals surface area contributed by atoms with Crippen molar-refractivity contribution < 1.29 is 9.53 Å². The number of esters is 1. The van der Waals surface area contributed by atoms with Crippen LogP contribution in [0.25, 0.3) is 0 Å². The number of hydrogen-bond donors (Lipinski definition) is 0. The van der Waals surface area contributed by atoms with E-state index in [9.17, 15) is 4.79 Å². The molecule has 1 aromatic heterocycles. The molecular formula is C7H7BrN2O2. The average Bonchev–Trinajstić information content (AvgIpc) is 2.08. The molecule has 0 aromatic carbocycles. The van der Waals surface area contributed by atoms with Gasteiger partial charge in [0.15, 0.2) is 5.69 Å². The van der Waals surface area contributed by atoms with Gasteiger partial charge < -0.3 is 4.74 Å². The third-order valence-electron chi connectivity index (χ3n) is 1.23. The van der Waals surface area contributed by atoms with Gasteiger partial charge >= 0.3 is 5.97 Å². The van der Waals surface area contributed by atoms with E-state index in [1.807, 2.05) is 0 Å². The van der Waals surface area contributed by atoms with E-state index in [0.29, 0.717) is 10.3 Å². The fourth-order valence-corrected chi connectivity index (χ4v) is 1.04. The van der Waals surface area contributed by atoms with Gasteiger partial charge in [-0.1, -0.05) is 0 Å². The number of halogens is 1. The summed E-state index contributed by atoms with van der Waals surface area (Å²) >= 11 is 3.10. The van der Waals surface area contributed by atoms with Gasteiger partial charge in [-0.2, -0.15) is 0 Å². The molecule has 0 atom stereocenters. The Balaban J connectivity index is 3.13. The summed E-state index contributed by atoms with van der Waals surface area (Å²) in [5.74, 6) is -0.488. The van der Waals surface area contributed by atoms with Crippen molar-refractivity contribution in [2.45, 2.75) is 6.92 Å². The Hall–Kier alpha value is -0.970. The summed E-state index contributed by atoms with van der Waals surface area (Å²) in [5.41, 5.74) is 0.885. The molecule has 0 aliphatic heterocycles. The molecule has 0 saturated heterocycles.